The highest BCUT2D eigenvalue weighted by atomic mass is 15.0. The lowest BCUT2D eigenvalue weighted by molar-refractivity contribution is 0.447. The summed E-state index contributed by atoms with van der Waals surface area (Å²) in [5.41, 5.74) is 2.96. The fraction of sp³-hybridized carbons (Fsp3) is 0.647. The Kier molecular flexibility index (Phi) is 5.00. The summed E-state index contributed by atoms with van der Waals surface area (Å²) < 4.78 is 0. The Morgan fingerprint density at radius 2 is 2.00 bits per heavy atom. The van der Waals surface area contributed by atoms with Crippen LogP contribution in [0, 0.1) is 6.92 Å². The molecule has 1 aromatic rings. The lowest BCUT2D eigenvalue weighted by Crippen LogP contribution is -2.35. The van der Waals surface area contributed by atoms with Crippen LogP contribution in [0.2, 0.25) is 0 Å². The van der Waals surface area contributed by atoms with Crippen molar-refractivity contribution in [3.8, 4) is 0 Å². The molecule has 1 unspecified atom stereocenters. The van der Waals surface area contributed by atoms with Crippen molar-refractivity contribution in [2.75, 3.05) is 19.6 Å². The largest absolute Gasteiger partial charge is 0.316 e. The number of nitrogens with one attached hydrogen (secondary N) is 2. The molecule has 0 amide bonds. The van der Waals surface area contributed by atoms with Crippen molar-refractivity contribution in [2.24, 2.45) is 0 Å². The van der Waals surface area contributed by atoms with E-state index < -0.39 is 0 Å². The first-order chi connectivity index (χ1) is 9.08. The molecule has 1 fully saturated rings. The molecule has 1 heterocycles. The van der Waals surface area contributed by atoms with Gasteiger partial charge in [0.1, 0.15) is 0 Å². The third-order valence-electron chi connectivity index (χ3n) is 4.23. The average molecular weight is 260 g/mol. The average Bonchev–Trinajstić information content (AvgIpc) is 2.88. The molecule has 0 bridgehead atoms. The monoisotopic (exact) mass is 260 g/mol. The van der Waals surface area contributed by atoms with Crippen LogP contribution in [0.15, 0.2) is 24.3 Å². The second kappa shape index (κ2) is 6.53. The van der Waals surface area contributed by atoms with Gasteiger partial charge in [-0.3, -0.25) is 0 Å². The Balaban J connectivity index is 1.75. The number of aryl methyl sites for hydroxylation is 1. The van der Waals surface area contributed by atoms with E-state index in [9.17, 15) is 0 Å². The fourth-order valence-corrected chi connectivity index (χ4v) is 2.79. The molecule has 0 aromatic heterocycles. The molecule has 2 rings (SSSR count). The van der Waals surface area contributed by atoms with Crippen molar-refractivity contribution in [3.05, 3.63) is 35.4 Å². The normalized spacial score (nSPS) is 19.8. The number of benzene rings is 1. The molecule has 2 N–H and O–H groups in total. The predicted octanol–water partition coefficient (Wildman–Crippen LogP) is 3.00. The van der Waals surface area contributed by atoms with E-state index in [2.05, 4.69) is 55.7 Å². The van der Waals surface area contributed by atoms with Gasteiger partial charge in [0.2, 0.25) is 0 Å². The van der Waals surface area contributed by atoms with E-state index in [1.54, 1.807) is 0 Å². The van der Waals surface area contributed by atoms with Gasteiger partial charge >= 0.3 is 0 Å². The quantitative estimate of drug-likeness (QED) is 0.768. The fourth-order valence-electron chi connectivity index (χ4n) is 2.79. The molecule has 1 atom stereocenters. The number of rotatable bonds is 6. The molecule has 19 heavy (non-hydrogen) atoms. The van der Waals surface area contributed by atoms with Crippen LogP contribution in [-0.2, 0) is 5.41 Å². The van der Waals surface area contributed by atoms with Gasteiger partial charge in [-0.1, -0.05) is 43.7 Å². The molecule has 1 aliphatic heterocycles. The van der Waals surface area contributed by atoms with Gasteiger partial charge in [-0.25, -0.2) is 0 Å². The smallest absolute Gasteiger partial charge is 0.00796 e. The second-order valence-electron chi connectivity index (χ2n) is 6.51. The van der Waals surface area contributed by atoms with Crippen molar-refractivity contribution in [3.63, 3.8) is 0 Å². The van der Waals surface area contributed by atoms with Gasteiger partial charge in [-0.2, -0.15) is 0 Å². The van der Waals surface area contributed by atoms with E-state index in [0.29, 0.717) is 0 Å². The van der Waals surface area contributed by atoms with Crippen molar-refractivity contribution in [1.29, 1.82) is 0 Å². The van der Waals surface area contributed by atoms with Crippen molar-refractivity contribution in [1.82, 2.24) is 10.6 Å². The maximum absolute atomic E-state index is 3.63. The van der Waals surface area contributed by atoms with Crippen LogP contribution in [0.4, 0.5) is 0 Å². The summed E-state index contributed by atoms with van der Waals surface area (Å²) >= 11 is 0. The summed E-state index contributed by atoms with van der Waals surface area (Å²) in [7, 11) is 0. The molecule has 0 spiro atoms. The zero-order valence-electron chi connectivity index (χ0n) is 12.6. The van der Waals surface area contributed by atoms with Crippen LogP contribution in [0.5, 0.6) is 0 Å². The van der Waals surface area contributed by atoms with E-state index in [1.807, 2.05) is 0 Å². The van der Waals surface area contributed by atoms with E-state index in [1.165, 1.54) is 36.9 Å². The molecule has 0 radical (unpaired) electrons. The van der Waals surface area contributed by atoms with Gasteiger partial charge in [0, 0.05) is 18.0 Å². The van der Waals surface area contributed by atoms with E-state index in [-0.39, 0.29) is 5.41 Å². The van der Waals surface area contributed by atoms with Crippen LogP contribution >= 0.6 is 0 Å². The van der Waals surface area contributed by atoms with Gasteiger partial charge in [-0.05, 0) is 44.8 Å². The lowest BCUT2D eigenvalue weighted by Gasteiger charge is -2.26. The predicted molar refractivity (Wildman–Crippen MR) is 82.7 cm³/mol. The summed E-state index contributed by atoms with van der Waals surface area (Å²) in [6.45, 7) is 10.1. The Labute approximate surface area is 118 Å². The van der Waals surface area contributed by atoms with Crippen molar-refractivity contribution < 1.29 is 0 Å². The molecule has 0 saturated carbocycles. The number of hydrogen-bond donors (Lipinski definition) is 2. The maximum Gasteiger partial charge on any atom is 0.00796 e. The Bertz CT molecular complexity index is 375. The summed E-state index contributed by atoms with van der Waals surface area (Å²) in [5, 5.41) is 7.18. The van der Waals surface area contributed by atoms with Crippen molar-refractivity contribution in [2.45, 2.75) is 51.5 Å². The lowest BCUT2D eigenvalue weighted by atomic mass is 9.84. The SMILES string of the molecule is Cc1ccc(C(C)(C)CNCCC2CCCN2)cc1. The van der Waals surface area contributed by atoms with Gasteiger partial charge in [-0.15, -0.1) is 0 Å². The van der Waals surface area contributed by atoms with Crippen LogP contribution in [0.1, 0.15) is 44.2 Å². The first kappa shape index (κ1) is 14.5. The first-order valence-corrected chi connectivity index (χ1v) is 7.59. The van der Waals surface area contributed by atoms with Gasteiger partial charge in [0.25, 0.3) is 0 Å². The highest BCUT2D eigenvalue weighted by molar-refractivity contribution is 5.27. The molecule has 1 saturated heterocycles. The minimum Gasteiger partial charge on any atom is -0.316 e. The summed E-state index contributed by atoms with van der Waals surface area (Å²) in [6.07, 6.45) is 3.95. The highest BCUT2D eigenvalue weighted by Crippen LogP contribution is 2.22. The molecule has 106 valence electrons. The van der Waals surface area contributed by atoms with E-state index in [0.717, 1.165) is 19.1 Å². The topological polar surface area (TPSA) is 24.1 Å². The van der Waals surface area contributed by atoms with Crippen LogP contribution < -0.4 is 10.6 Å². The number of hydrogen-bond acceptors (Lipinski definition) is 2. The highest BCUT2D eigenvalue weighted by Gasteiger charge is 2.20. The zero-order chi connectivity index (χ0) is 13.7. The molecular formula is C17H28N2. The van der Waals surface area contributed by atoms with Gasteiger partial charge in [0.05, 0.1) is 0 Å². The first-order valence-electron chi connectivity index (χ1n) is 7.59. The molecule has 0 aliphatic carbocycles. The minimum atomic E-state index is 0.205. The third-order valence-corrected chi connectivity index (χ3v) is 4.23. The molecule has 1 aliphatic rings. The standard InChI is InChI=1S/C17H28N2/c1-14-6-8-15(9-7-14)17(2,3)13-18-12-10-16-5-4-11-19-16/h6-9,16,18-19H,4-5,10-13H2,1-3H3. The summed E-state index contributed by atoms with van der Waals surface area (Å²) in [6, 6.07) is 9.68. The summed E-state index contributed by atoms with van der Waals surface area (Å²) in [4.78, 5) is 0. The second-order valence-corrected chi connectivity index (χ2v) is 6.51. The van der Waals surface area contributed by atoms with Crippen LogP contribution in [-0.4, -0.2) is 25.7 Å². The zero-order valence-corrected chi connectivity index (χ0v) is 12.6. The minimum absolute atomic E-state index is 0.205. The molecule has 2 heteroatoms. The Morgan fingerprint density at radius 1 is 1.26 bits per heavy atom. The third kappa shape index (κ3) is 4.32. The van der Waals surface area contributed by atoms with Crippen molar-refractivity contribution >= 4 is 0 Å². The van der Waals surface area contributed by atoms with E-state index in [4.69, 9.17) is 0 Å². The molecule has 1 aromatic carbocycles. The summed E-state index contributed by atoms with van der Waals surface area (Å²) in [5.74, 6) is 0. The molecule has 2 nitrogen and oxygen atoms in total. The Morgan fingerprint density at radius 3 is 2.63 bits per heavy atom. The van der Waals surface area contributed by atoms with Crippen LogP contribution in [0.3, 0.4) is 0 Å². The van der Waals surface area contributed by atoms with Crippen LogP contribution in [0.25, 0.3) is 0 Å². The van der Waals surface area contributed by atoms with Gasteiger partial charge in [0.15, 0.2) is 0 Å². The maximum atomic E-state index is 3.63. The Hall–Kier alpha value is -0.860. The molecular weight excluding hydrogens is 232 g/mol. The van der Waals surface area contributed by atoms with E-state index >= 15 is 0 Å². The van der Waals surface area contributed by atoms with Gasteiger partial charge < -0.3 is 10.6 Å².